The molecule has 3 rings (SSSR count). The van der Waals surface area contributed by atoms with Gasteiger partial charge in [0.1, 0.15) is 5.75 Å². The van der Waals surface area contributed by atoms with Gasteiger partial charge in [0, 0.05) is 10.6 Å². The number of ketones is 1. The van der Waals surface area contributed by atoms with Crippen LogP contribution in [0.2, 0.25) is 5.02 Å². The summed E-state index contributed by atoms with van der Waals surface area (Å²) in [5.74, 6) is 0.530. The van der Waals surface area contributed by atoms with Crippen LogP contribution in [0.1, 0.15) is 26.3 Å². The van der Waals surface area contributed by atoms with Crippen molar-refractivity contribution < 1.29 is 23.8 Å². The number of hydrogen-bond acceptors (Lipinski definition) is 5. The monoisotopic (exact) mass is 422 g/mol. The van der Waals surface area contributed by atoms with E-state index in [-0.39, 0.29) is 5.78 Å². The lowest BCUT2D eigenvalue weighted by Crippen LogP contribution is -2.09. The minimum atomic E-state index is -0.548. The van der Waals surface area contributed by atoms with Crippen LogP contribution >= 0.6 is 11.6 Å². The summed E-state index contributed by atoms with van der Waals surface area (Å²) in [6, 6.07) is 18.3. The number of carbonyl (C=O) groups is 2. The minimum absolute atomic E-state index is 0.187. The van der Waals surface area contributed by atoms with E-state index >= 15 is 0 Å². The van der Waals surface area contributed by atoms with Crippen molar-refractivity contribution in [3.63, 3.8) is 0 Å². The molecule has 0 radical (unpaired) electrons. The van der Waals surface area contributed by atoms with E-state index in [1.807, 2.05) is 18.2 Å². The second-order valence-corrected chi connectivity index (χ2v) is 6.61. The number of ether oxygens (including phenoxy) is 3. The van der Waals surface area contributed by atoms with Crippen molar-refractivity contribution >= 4 is 29.4 Å². The Hall–Kier alpha value is -3.57. The summed E-state index contributed by atoms with van der Waals surface area (Å²) >= 11 is 6.08. The van der Waals surface area contributed by atoms with Crippen LogP contribution in [0.3, 0.4) is 0 Å². The molecule has 0 saturated heterocycles. The topological polar surface area (TPSA) is 61.8 Å². The summed E-state index contributed by atoms with van der Waals surface area (Å²) in [5, 5.41) is 0.568. The molecule has 5 nitrogen and oxygen atoms in total. The maximum absolute atomic E-state index is 12.4. The molecule has 3 aromatic carbocycles. The van der Waals surface area contributed by atoms with Gasteiger partial charge >= 0.3 is 5.97 Å². The van der Waals surface area contributed by atoms with Crippen LogP contribution in [0.25, 0.3) is 6.08 Å². The van der Waals surface area contributed by atoms with Crippen LogP contribution in [-0.2, 0) is 0 Å². The van der Waals surface area contributed by atoms with Crippen molar-refractivity contribution in [3.8, 4) is 17.2 Å². The lowest BCUT2D eigenvalue weighted by Gasteiger charge is -2.09. The smallest absolute Gasteiger partial charge is 0.343 e. The molecule has 152 valence electrons. The molecular formula is C24H19ClO5. The van der Waals surface area contributed by atoms with Gasteiger partial charge in [-0.1, -0.05) is 29.8 Å². The summed E-state index contributed by atoms with van der Waals surface area (Å²) in [6.45, 7) is 0. The molecule has 0 aromatic heterocycles. The van der Waals surface area contributed by atoms with Gasteiger partial charge in [0.15, 0.2) is 17.3 Å². The number of esters is 1. The molecule has 3 aromatic rings. The van der Waals surface area contributed by atoms with Crippen molar-refractivity contribution in [2.75, 3.05) is 14.2 Å². The SMILES string of the molecule is COc1ccc(C(=O)Oc2ccc(C(=O)/C=C\c3ccccc3Cl)cc2)cc1OC. The second kappa shape index (κ2) is 9.76. The highest BCUT2D eigenvalue weighted by Gasteiger charge is 2.13. The first-order chi connectivity index (χ1) is 14.5. The van der Waals surface area contributed by atoms with Crippen LogP contribution in [0.15, 0.2) is 72.8 Å². The fourth-order valence-electron chi connectivity index (χ4n) is 2.69. The van der Waals surface area contributed by atoms with Crippen molar-refractivity contribution in [2.45, 2.75) is 0 Å². The molecule has 0 amide bonds. The first-order valence-electron chi connectivity index (χ1n) is 9.03. The highest BCUT2D eigenvalue weighted by atomic mass is 35.5. The third-order valence-electron chi connectivity index (χ3n) is 4.29. The van der Waals surface area contributed by atoms with Gasteiger partial charge in [0.05, 0.1) is 19.8 Å². The zero-order chi connectivity index (χ0) is 21.5. The molecule has 0 bridgehead atoms. The highest BCUT2D eigenvalue weighted by molar-refractivity contribution is 6.32. The van der Waals surface area contributed by atoms with E-state index in [4.69, 9.17) is 25.8 Å². The Morgan fingerprint density at radius 3 is 2.17 bits per heavy atom. The van der Waals surface area contributed by atoms with E-state index in [9.17, 15) is 9.59 Å². The van der Waals surface area contributed by atoms with Gasteiger partial charge < -0.3 is 14.2 Å². The Morgan fingerprint density at radius 1 is 0.833 bits per heavy atom. The Kier molecular flexibility index (Phi) is 6.88. The van der Waals surface area contributed by atoms with Gasteiger partial charge in [0.25, 0.3) is 0 Å². The zero-order valence-corrected chi connectivity index (χ0v) is 17.2. The molecular weight excluding hydrogens is 404 g/mol. The number of halogens is 1. The van der Waals surface area contributed by atoms with Gasteiger partial charge in [-0.25, -0.2) is 4.79 Å². The van der Waals surface area contributed by atoms with Crippen molar-refractivity contribution in [2.24, 2.45) is 0 Å². The van der Waals surface area contributed by atoms with E-state index in [1.165, 1.54) is 20.3 Å². The predicted octanol–water partition coefficient (Wildman–Crippen LogP) is 5.47. The number of benzene rings is 3. The molecule has 0 spiro atoms. The molecule has 0 aliphatic carbocycles. The largest absolute Gasteiger partial charge is 0.493 e. The summed E-state index contributed by atoms with van der Waals surface area (Å²) in [7, 11) is 3.01. The molecule has 30 heavy (non-hydrogen) atoms. The maximum Gasteiger partial charge on any atom is 0.343 e. The third kappa shape index (κ3) is 5.07. The first-order valence-corrected chi connectivity index (χ1v) is 9.41. The van der Waals surface area contributed by atoms with Gasteiger partial charge in [0.2, 0.25) is 0 Å². The molecule has 0 unspecified atom stereocenters. The lowest BCUT2D eigenvalue weighted by molar-refractivity contribution is 0.0734. The van der Waals surface area contributed by atoms with Crippen LogP contribution in [-0.4, -0.2) is 26.0 Å². The minimum Gasteiger partial charge on any atom is -0.493 e. The van der Waals surface area contributed by atoms with Crippen LogP contribution in [0, 0.1) is 0 Å². The number of rotatable bonds is 7. The normalized spacial score (nSPS) is 10.6. The van der Waals surface area contributed by atoms with Crippen molar-refractivity contribution in [3.05, 3.63) is 94.5 Å². The summed E-state index contributed by atoms with van der Waals surface area (Å²) in [6.07, 6.45) is 3.11. The fraction of sp³-hybridized carbons (Fsp3) is 0.0833. The molecule has 0 heterocycles. The molecule has 0 aliphatic heterocycles. The average Bonchev–Trinajstić information content (AvgIpc) is 2.78. The summed E-state index contributed by atoms with van der Waals surface area (Å²) < 4.78 is 15.7. The molecule has 0 saturated carbocycles. The Labute approximate surface area is 179 Å². The molecule has 6 heteroatoms. The van der Waals surface area contributed by atoms with E-state index in [0.717, 1.165) is 5.56 Å². The van der Waals surface area contributed by atoms with Crippen molar-refractivity contribution in [1.82, 2.24) is 0 Å². The second-order valence-electron chi connectivity index (χ2n) is 6.20. The van der Waals surface area contributed by atoms with Crippen LogP contribution < -0.4 is 14.2 Å². The Morgan fingerprint density at radius 2 is 1.50 bits per heavy atom. The molecule has 0 fully saturated rings. The van der Waals surface area contributed by atoms with E-state index < -0.39 is 5.97 Å². The van der Waals surface area contributed by atoms with Crippen LogP contribution in [0.4, 0.5) is 0 Å². The number of hydrogen-bond donors (Lipinski definition) is 0. The number of methoxy groups -OCH3 is 2. The van der Waals surface area contributed by atoms with Gasteiger partial charge in [-0.2, -0.15) is 0 Å². The van der Waals surface area contributed by atoms with Gasteiger partial charge in [-0.05, 0) is 66.2 Å². The molecule has 0 aliphatic rings. The average molecular weight is 423 g/mol. The molecule has 0 N–H and O–H groups in total. The Bertz CT molecular complexity index is 1090. The Balaban J connectivity index is 1.67. The quantitative estimate of drug-likeness (QED) is 0.218. The van der Waals surface area contributed by atoms with Gasteiger partial charge in [-0.3, -0.25) is 4.79 Å². The van der Waals surface area contributed by atoms with Crippen LogP contribution in [0.5, 0.6) is 17.2 Å². The third-order valence-corrected chi connectivity index (χ3v) is 4.63. The standard InChI is InChI=1S/C24H19ClO5/c1-28-22-14-10-18(15-23(22)29-2)24(27)30-19-11-7-17(8-12-19)21(26)13-9-16-5-3-4-6-20(16)25/h3-15H,1-2H3/b13-9-. The zero-order valence-electron chi connectivity index (χ0n) is 16.4. The van der Waals surface area contributed by atoms with Crippen molar-refractivity contribution in [1.29, 1.82) is 0 Å². The summed E-state index contributed by atoms with van der Waals surface area (Å²) in [4.78, 5) is 24.7. The molecule has 0 atom stereocenters. The lowest BCUT2D eigenvalue weighted by atomic mass is 10.1. The van der Waals surface area contributed by atoms with E-state index in [0.29, 0.717) is 33.4 Å². The first kappa shape index (κ1) is 21.1. The number of carbonyl (C=O) groups excluding carboxylic acids is 2. The van der Waals surface area contributed by atoms with E-state index in [1.54, 1.807) is 54.6 Å². The van der Waals surface area contributed by atoms with E-state index in [2.05, 4.69) is 0 Å². The number of allylic oxidation sites excluding steroid dienone is 1. The van der Waals surface area contributed by atoms with Gasteiger partial charge in [-0.15, -0.1) is 0 Å². The summed E-state index contributed by atoms with van der Waals surface area (Å²) in [5.41, 5.74) is 1.53. The highest BCUT2D eigenvalue weighted by Crippen LogP contribution is 2.28. The fourth-order valence-corrected chi connectivity index (χ4v) is 2.89. The predicted molar refractivity (Wildman–Crippen MR) is 116 cm³/mol. The maximum atomic E-state index is 12.4.